The lowest BCUT2D eigenvalue weighted by Crippen LogP contribution is -2.36. The van der Waals surface area contributed by atoms with Crippen molar-refractivity contribution in [1.82, 2.24) is 4.98 Å². The number of anilines is 2. The minimum absolute atomic E-state index is 0.0239. The summed E-state index contributed by atoms with van der Waals surface area (Å²) in [6.45, 7) is 5.22. The highest BCUT2D eigenvalue weighted by atomic mass is 32.2. The summed E-state index contributed by atoms with van der Waals surface area (Å²) in [5.74, 6) is 1.28. The third-order valence-corrected chi connectivity index (χ3v) is 4.99. The van der Waals surface area contributed by atoms with Crippen LogP contribution in [0.3, 0.4) is 0 Å². The number of carbonyl (C=O) groups is 1. The van der Waals surface area contributed by atoms with E-state index in [0.29, 0.717) is 5.75 Å². The number of hydrogen-bond donors (Lipinski definition) is 1. The zero-order chi connectivity index (χ0) is 16.8. The lowest BCUT2D eigenvalue weighted by Gasteiger charge is -2.27. The van der Waals surface area contributed by atoms with Gasteiger partial charge in [-0.25, -0.2) is 4.98 Å². The number of thioether (sulfide) groups is 1. The second kappa shape index (κ2) is 8.17. The van der Waals surface area contributed by atoms with Gasteiger partial charge in [0.25, 0.3) is 0 Å². The first kappa shape index (κ1) is 16.8. The molecule has 1 aromatic heterocycles. The van der Waals surface area contributed by atoms with Crippen LogP contribution in [0, 0.1) is 6.92 Å². The predicted molar refractivity (Wildman–Crippen MR) is 97.8 cm³/mol. The highest BCUT2D eigenvalue weighted by Crippen LogP contribution is 2.22. The van der Waals surface area contributed by atoms with Crippen LogP contribution in [0.4, 0.5) is 11.5 Å². The summed E-state index contributed by atoms with van der Waals surface area (Å²) in [7, 11) is 0. The average Bonchev–Trinajstić information content (AvgIpc) is 2.62. The number of aromatic nitrogens is 1. The number of pyridine rings is 1. The number of morpholine rings is 1. The molecule has 2 heterocycles. The molecule has 5 nitrogen and oxygen atoms in total. The first-order valence-electron chi connectivity index (χ1n) is 7.99. The van der Waals surface area contributed by atoms with Gasteiger partial charge in [0.05, 0.1) is 30.9 Å². The van der Waals surface area contributed by atoms with Gasteiger partial charge in [-0.3, -0.25) is 4.79 Å². The zero-order valence-electron chi connectivity index (χ0n) is 13.7. The van der Waals surface area contributed by atoms with E-state index in [-0.39, 0.29) is 5.91 Å². The average molecular weight is 343 g/mol. The molecule has 6 heteroatoms. The van der Waals surface area contributed by atoms with Crippen molar-refractivity contribution in [2.24, 2.45) is 0 Å². The van der Waals surface area contributed by atoms with E-state index < -0.39 is 0 Å². The second-order valence-corrected chi connectivity index (χ2v) is 6.62. The largest absolute Gasteiger partial charge is 0.378 e. The Morgan fingerprint density at radius 3 is 2.75 bits per heavy atom. The van der Waals surface area contributed by atoms with Crippen LogP contribution in [-0.4, -0.2) is 42.9 Å². The molecule has 0 bridgehead atoms. The van der Waals surface area contributed by atoms with Gasteiger partial charge >= 0.3 is 0 Å². The Kier molecular flexibility index (Phi) is 5.72. The molecule has 0 atom stereocenters. The summed E-state index contributed by atoms with van der Waals surface area (Å²) in [4.78, 5) is 19.9. The van der Waals surface area contributed by atoms with Crippen molar-refractivity contribution in [3.8, 4) is 0 Å². The molecule has 1 aromatic carbocycles. The molecule has 1 aliphatic heterocycles. The van der Waals surface area contributed by atoms with Crippen LogP contribution in [0.5, 0.6) is 0 Å². The Bertz CT molecular complexity index is 685. The van der Waals surface area contributed by atoms with Crippen molar-refractivity contribution in [1.29, 1.82) is 0 Å². The molecule has 0 radical (unpaired) electrons. The normalized spacial score (nSPS) is 14.5. The van der Waals surface area contributed by atoms with Crippen LogP contribution in [0.25, 0.3) is 0 Å². The Hall–Kier alpha value is -2.05. The van der Waals surface area contributed by atoms with Crippen molar-refractivity contribution in [2.75, 3.05) is 42.3 Å². The van der Waals surface area contributed by atoms with E-state index >= 15 is 0 Å². The van der Waals surface area contributed by atoms with E-state index in [1.165, 1.54) is 5.56 Å². The molecule has 24 heavy (non-hydrogen) atoms. The first-order chi connectivity index (χ1) is 11.7. The van der Waals surface area contributed by atoms with Crippen LogP contribution >= 0.6 is 11.8 Å². The number of rotatable bonds is 5. The number of carbonyl (C=O) groups excluding carboxylic acids is 1. The fourth-order valence-electron chi connectivity index (χ4n) is 2.50. The van der Waals surface area contributed by atoms with Gasteiger partial charge in [0, 0.05) is 18.0 Å². The van der Waals surface area contributed by atoms with Crippen molar-refractivity contribution in [3.05, 3.63) is 48.2 Å². The molecule has 0 spiro atoms. The second-order valence-electron chi connectivity index (χ2n) is 5.61. The maximum atomic E-state index is 12.1. The molecule has 1 aliphatic rings. The summed E-state index contributed by atoms with van der Waals surface area (Å²) >= 11 is 1.55. The number of amides is 1. The van der Waals surface area contributed by atoms with E-state index in [1.54, 1.807) is 18.0 Å². The van der Waals surface area contributed by atoms with Gasteiger partial charge < -0.3 is 15.0 Å². The molecule has 0 unspecified atom stereocenters. The van der Waals surface area contributed by atoms with Crippen molar-refractivity contribution in [3.63, 3.8) is 0 Å². The maximum Gasteiger partial charge on any atom is 0.234 e. The van der Waals surface area contributed by atoms with Gasteiger partial charge in [-0.05, 0) is 30.7 Å². The fourth-order valence-corrected chi connectivity index (χ4v) is 3.33. The lowest BCUT2D eigenvalue weighted by molar-refractivity contribution is -0.113. The Morgan fingerprint density at radius 2 is 2.04 bits per heavy atom. The Labute approximate surface area is 146 Å². The number of hydrogen-bond acceptors (Lipinski definition) is 5. The van der Waals surface area contributed by atoms with E-state index in [0.717, 1.165) is 42.7 Å². The lowest BCUT2D eigenvalue weighted by atomic mass is 10.2. The third-order valence-electron chi connectivity index (χ3n) is 3.82. The van der Waals surface area contributed by atoms with Crippen LogP contribution < -0.4 is 10.2 Å². The number of ether oxygens (including phenoxy) is 1. The standard InChI is InChI=1S/C18H21N3O2S/c1-14-4-2-3-5-16(14)24-13-18(22)20-15-6-7-17(19-12-15)21-8-10-23-11-9-21/h2-7,12H,8-11,13H2,1H3,(H,20,22). The van der Waals surface area contributed by atoms with Crippen LogP contribution in [0.2, 0.25) is 0 Å². The van der Waals surface area contributed by atoms with Gasteiger partial charge in [0.1, 0.15) is 5.82 Å². The molecule has 126 valence electrons. The van der Waals surface area contributed by atoms with Gasteiger partial charge in [0.2, 0.25) is 5.91 Å². The molecule has 2 aromatic rings. The number of nitrogens with one attached hydrogen (secondary N) is 1. The molecule has 0 aliphatic carbocycles. The highest BCUT2D eigenvalue weighted by molar-refractivity contribution is 8.00. The highest BCUT2D eigenvalue weighted by Gasteiger charge is 2.12. The maximum absolute atomic E-state index is 12.1. The van der Waals surface area contributed by atoms with Gasteiger partial charge in [-0.1, -0.05) is 18.2 Å². The molecule has 3 rings (SSSR count). The number of nitrogens with zero attached hydrogens (tertiary/aromatic N) is 2. The predicted octanol–water partition coefficient (Wildman–Crippen LogP) is 2.96. The minimum Gasteiger partial charge on any atom is -0.378 e. The Balaban J connectivity index is 1.52. The molecule has 1 fully saturated rings. The van der Waals surface area contributed by atoms with Gasteiger partial charge in [-0.15, -0.1) is 11.8 Å². The summed E-state index contributed by atoms with van der Waals surface area (Å²) < 4.78 is 5.34. The minimum atomic E-state index is -0.0239. The number of aryl methyl sites for hydroxylation is 1. The monoisotopic (exact) mass is 343 g/mol. The smallest absolute Gasteiger partial charge is 0.234 e. The van der Waals surface area contributed by atoms with E-state index in [1.807, 2.05) is 30.3 Å². The van der Waals surface area contributed by atoms with Crippen LogP contribution in [0.15, 0.2) is 47.5 Å². The quantitative estimate of drug-likeness (QED) is 0.846. The summed E-state index contributed by atoms with van der Waals surface area (Å²) in [5, 5.41) is 2.90. The Morgan fingerprint density at radius 1 is 1.25 bits per heavy atom. The van der Waals surface area contributed by atoms with Crippen LogP contribution in [-0.2, 0) is 9.53 Å². The topological polar surface area (TPSA) is 54.5 Å². The van der Waals surface area contributed by atoms with E-state index in [2.05, 4.69) is 28.2 Å². The summed E-state index contributed by atoms with van der Waals surface area (Å²) in [6.07, 6.45) is 1.71. The van der Waals surface area contributed by atoms with Gasteiger partial charge in [-0.2, -0.15) is 0 Å². The van der Waals surface area contributed by atoms with E-state index in [9.17, 15) is 4.79 Å². The zero-order valence-corrected chi connectivity index (χ0v) is 14.5. The summed E-state index contributed by atoms with van der Waals surface area (Å²) in [6, 6.07) is 11.9. The molecule has 1 amide bonds. The van der Waals surface area contributed by atoms with Gasteiger partial charge in [0.15, 0.2) is 0 Å². The molecular weight excluding hydrogens is 322 g/mol. The van der Waals surface area contributed by atoms with Crippen LogP contribution in [0.1, 0.15) is 5.56 Å². The molecule has 0 saturated carbocycles. The summed E-state index contributed by atoms with van der Waals surface area (Å²) in [5.41, 5.74) is 1.91. The third kappa shape index (κ3) is 4.49. The molecular formula is C18H21N3O2S. The first-order valence-corrected chi connectivity index (χ1v) is 8.98. The fraction of sp³-hybridized carbons (Fsp3) is 0.333. The number of benzene rings is 1. The molecule has 1 N–H and O–H groups in total. The SMILES string of the molecule is Cc1ccccc1SCC(=O)Nc1ccc(N2CCOCC2)nc1. The molecule has 1 saturated heterocycles. The van der Waals surface area contributed by atoms with E-state index in [4.69, 9.17) is 4.74 Å². The van der Waals surface area contributed by atoms with Crippen molar-refractivity contribution < 1.29 is 9.53 Å². The van der Waals surface area contributed by atoms with Crippen molar-refractivity contribution >= 4 is 29.2 Å². The van der Waals surface area contributed by atoms with Crippen molar-refractivity contribution in [2.45, 2.75) is 11.8 Å².